The van der Waals surface area contributed by atoms with Gasteiger partial charge in [-0.15, -0.1) is 0 Å². The summed E-state index contributed by atoms with van der Waals surface area (Å²) in [5, 5.41) is 0.864. The van der Waals surface area contributed by atoms with Crippen LogP contribution in [0.2, 0.25) is 0 Å². The first-order chi connectivity index (χ1) is 13.9. The van der Waals surface area contributed by atoms with Crippen molar-refractivity contribution in [3.8, 4) is 0 Å². The van der Waals surface area contributed by atoms with Crippen LogP contribution in [0.25, 0.3) is 22.1 Å². The maximum absolute atomic E-state index is 5.62. The molecule has 28 heavy (non-hydrogen) atoms. The smallest absolute Gasteiger partial charge is 0.160 e. The fourth-order valence-corrected chi connectivity index (χ4v) is 2.66. The molecule has 1 aliphatic rings. The summed E-state index contributed by atoms with van der Waals surface area (Å²) >= 11 is 0. The van der Waals surface area contributed by atoms with Gasteiger partial charge in [-0.1, -0.05) is 18.2 Å². The van der Waals surface area contributed by atoms with E-state index in [0.717, 1.165) is 16.5 Å². The van der Waals surface area contributed by atoms with Gasteiger partial charge < -0.3 is 14.4 Å². The molecule has 2 bridgehead atoms. The van der Waals surface area contributed by atoms with Crippen LogP contribution in [0.4, 0.5) is 0 Å². The number of fused-ring (bicyclic) bond motifs is 2. The van der Waals surface area contributed by atoms with Crippen LogP contribution >= 0.6 is 0 Å². The molecule has 3 aromatic rings. The summed E-state index contributed by atoms with van der Waals surface area (Å²) in [6, 6.07) is 15.0. The summed E-state index contributed by atoms with van der Waals surface area (Å²) in [5.41, 5.74) is 3.81. The van der Waals surface area contributed by atoms with E-state index in [0.29, 0.717) is 23.3 Å². The largest absolute Gasteiger partial charge is 0.465 e. The van der Waals surface area contributed by atoms with Crippen LogP contribution < -0.4 is 5.49 Å². The van der Waals surface area contributed by atoms with E-state index in [9.17, 15) is 0 Å². The lowest BCUT2D eigenvalue weighted by Crippen LogP contribution is -2.05. The van der Waals surface area contributed by atoms with E-state index in [1.807, 2.05) is 54.7 Å². The van der Waals surface area contributed by atoms with Gasteiger partial charge in [-0.2, -0.15) is 0 Å². The lowest BCUT2D eigenvalue weighted by Gasteiger charge is -1.92. The maximum Gasteiger partial charge on any atom is 0.160 e. The van der Waals surface area contributed by atoms with Gasteiger partial charge in [-0.05, 0) is 24.3 Å². The highest BCUT2D eigenvalue weighted by Gasteiger charge is 2.08. The molecule has 0 atom stereocenters. The van der Waals surface area contributed by atoms with Crippen LogP contribution in [-0.2, 0) is 6.54 Å². The Balaban J connectivity index is 1.99. The van der Waals surface area contributed by atoms with Crippen molar-refractivity contribution in [3.63, 3.8) is 0 Å². The lowest BCUT2D eigenvalue weighted by molar-refractivity contribution is 0.603. The quantitative estimate of drug-likeness (QED) is 0.629. The van der Waals surface area contributed by atoms with Crippen LogP contribution in [0.1, 0.15) is 5.56 Å². The zero-order chi connectivity index (χ0) is 19.0. The second-order valence-corrected chi connectivity index (χ2v) is 5.85. The van der Waals surface area contributed by atoms with Gasteiger partial charge in [0.2, 0.25) is 0 Å². The number of benzene rings is 1. The molecule has 1 aliphatic heterocycles. The van der Waals surface area contributed by atoms with E-state index >= 15 is 0 Å². The Bertz CT molecular complexity index is 1270. The summed E-state index contributed by atoms with van der Waals surface area (Å²) in [4.78, 5) is 23.9. The monoisotopic (exact) mass is 370 g/mol. The average Bonchev–Trinajstić information content (AvgIpc) is 3.14. The molecule has 1 aromatic carbocycles. The minimum absolute atomic E-state index is 0.515. The molecule has 138 valence electrons. The van der Waals surface area contributed by atoms with Crippen molar-refractivity contribution in [2.45, 2.75) is 6.54 Å². The summed E-state index contributed by atoms with van der Waals surface area (Å²) in [7, 11) is 0. The van der Waals surface area contributed by atoms with Crippen molar-refractivity contribution in [2.24, 2.45) is 4.99 Å². The molecule has 7 nitrogen and oxygen atoms in total. The molecule has 3 heterocycles. The van der Waals surface area contributed by atoms with Crippen LogP contribution in [0.3, 0.4) is 0 Å². The maximum atomic E-state index is 5.62. The first kappa shape index (κ1) is 17.4. The fraction of sp³-hybridized carbons (Fsp3) is 0.0476. The third kappa shape index (κ3) is 4.21. The molecular weight excluding hydrogens is 352 g/mol. The number of aromatic amines is 2. The fourth-order valence-electron chi connectivity index (χ4n) is 2.66. The highest BCUT2D eigenvalue weighted by Crippen LogP contribution is 2.12. The number of nitrogens with zero attached hydrogens (tertiary/aromatic N) is 4. The average molecular weight is 370 g/mol. The standard InChI is InChI=1S/C21H18N6O/c1-2-4-11-28-18-7-5-6-17(12-18)24-13-16-14-25-21-19(16)20(26-15-27-21)23-10-9-22-8-3-1/h1-13,15,22H,14H2,(H,23,25,26,27). The van der Waals surface area contributed by atoms with Gasteiger partial charge in [0.05, 0.1) is 23.7 Å². The topological polar surface area (TPSA) is 95.7 Å². The third-order valence-corrected chi connectivity index (χ3v) is 3.94. The Kier molecular flexibility index (Phi) is 5.34. The Hall–Kier alpha value is -4.00. The molecule has 0 radical (unpaired) electrons. The SMILES string of the molecule is c1cccoc2cccc(c2)ncc2c3c(ncnc3[nH]cc[nH]cc1)=NC2. The van der Waals surface area contributed by atoms with E-state index in [4.69, 9.17) is 4.42 Å². The molecule has 0 saturated carbocycles. The predicted octanol–water partition coefficient (Wildman–Crippen LogP) is 3.78. The van der Waals surface area contributed by atoms with E-state index in [1.54, 1.807) is 24.9 Å². The van der Waals surface area contributed by atoms with Crippen molar-refractivity contribution in [2.75, 3.05) is 0 Å². The Labute approximate surface area is 160 Å². The number of hydrogen-bond acceptors (Lipinski definition) is 5. The number of H-pyrrole nitrogens is 2. The van der Waals surface area contributed by atoms with Crippen LogP contribution in [0.5, 0.6) is 0 Å². The van der Waals surface area contributed by atoms with Gasteiger partial charge >= 0.3 is 0 Å². The number of hydrogen-bond donors (Lipinski definition) is 2. The molecular formula is C21H18N6O. The number of nitrogens with one attached hydrogen (secondary N) is 2. The Morgan fingerprint density at radius 2 is 1.86 bits per heavy atom. The Morgan fingerprint density at radius 3 is 2.86 bits per heavy atom. The predicted molar refractivity (Wildman–Crippen MR) is 107 cm³/mol. The molecule has 2 aromatic heterocycles. The van der Waals surface area contributed by atoms with Crippen molar-refractivity contribution < 1.29 is 4.42 Å². The molecule has 2 N–H and O–H groups in total. The molecule has 0 amide bonds. The minimum atomic E-state index is 0.515. The lowest BCUT2D eigenvalue weighted by atomic mass is 10.2. The van der Waals surface area contributed by atoms with Crippen molar-refractivity contribution >= 4 is 22.1 Å². The van der Waals surface area contributed by atoms with E-state index in [-0.39, 0.29) is 0 Å². The summed E-state index contributed by atoms with van der Waals surface area (Å²) in [5.74, 6) is 0. The summed E-state index contributed by atoms with van der Waals surface area (Å²) in [6.45, 7) is 0.515. The summed E-state index contributed by atoms with van der Waals surface area (Å²) < 4.78 is 5.62. The van der Waals surface area contributed by atoms with Crippen LogP contribution in [0.15, 0.2) is 95.3 Å². The van der Waals surface area contributed by atoms with Gasteiger partial charge in [0.25, 0.3) is 0 Å². The van der Waals surface area contributed by atoms with Crippen LogP contribution in [0, 0.1) is 0 Å². The van der Waals surface area contributed by atoms with Gasteiger partial charge in [-0.25, -0.2) is 9.97 Å². The van der Waals surface area contributed by atoms with Crippen LogP contribution in [-0.4, -0.2) is 24.9 Å². The first-order valence-electron chi connectivity index (χ1n) is 8.75. The first-order valence-corrected chi connectivity index (χ1v) is 8.75. The zero-order valence-electron chi connectivity index (χ0n) is 15.0. The highest BCUT2D eigenvalue weighted by atomic mass is 16.3. The second kappa shape index (κ2) is 8.59. The van der Waals surface area contributed by atoms with Gasteiger partial charge in [0, 0.05) is 36.4 Å². The zero-order valence-corrected chi connectivity index (χ0v) is 15.0. The van der Waals surface area contributed by atoms with E-state index in [2.05, 4.69) is 29.9 Å². The molecule has 0 fully saturated rings. The van der Waals surface area contributed by atoms with Crippen molar-refractivity contribution in [1.29, 1.82) is 0 Å². The molecule has 4 rings (SSSR count). The molecule has 7 heteroatoms. The van der Waals surface area contributed by atoms with Gasteiger partial charge in [-0.3, -0.25) is 9.98 Å². The van der Waals surface area contributed by atoms with E-state index < -0.39 is 0 Å². The van der Waals surface area contributed by atoms with Crippen molar-refractivity contribution in [3.05, 3.63) is 97.0 Å². The molecule has 0 aliphatic carbocycles. The van der Waals surface area contributed by atoms with Crippen molar-refractivity contribution in [1.82, 2.24) is 24.9 Å². The molecule has 0 unspecified atom stereocenters. The summed E-state index contributed by atoms with van der Waals surface area (Å²) in [6.07, 6.45) is 10.3. The number of rotatable bonds is 0. The second-order valence-electron chi connectivity index (χ2n) is 5.85. The normalized spacial score (nSPS) is 11.0. The van der Waals surface area contributed by atoms with Gasteiger partial charge in [0.1, 0.15) is 17.6 Å². The molecule has 0 saturated heterocycles. The number of aromatic nitrogens is 5. The molecule has 0 spiro atoms. The Morgan fingerprint density at radius 1 is 0.893 bits per heavy atom. The highest BCUT2D eigenvalue weighted by molar-refractivity contribution is 5.77. The van der Waals surface area contributed by atoms with E-state index in [1.165, 1.54) is 6.33 Å². The minimum Gasteiger partial charge on any atom is -0.465 e. The van der Waals surface area contributed by atoms with Gasteiger partial charge in [0.15, 0.2) is 5.49 Å². The third-order valence-electron chi connectivity index (χ3n) is 3.94.